The van der Waals surface area contributed by atoms with Crippen molar-refractivity contribution in [1.29, 1.82) is 0 Å². The zero-order valence-electron chi connectivity index (χ0n) is 26.4. The van der Waals surface area contributed by atoms with E-state index in [0.29, 0.717) is 15.7 Å². The summed E-state index contributed by atoms with van der Waals surface area (Å²) < 4.78 is 0.638. The minimum absolute atomic E-state index is 0.195. The molecule has 246 valence electrons. The second-order valence-electron chi connectivity index (χ2n) is 11.3. The van der Waals surface area contributed by atoms with Crippen molar-refractivity contribution in [3.8, 4) is 0 Å². The van der Waals surface area contributed by atoms with Gasteiger partial charge in [-0.05, 0) is 64.9 Å². The first-order valence-corrected chi connectivity index (χ1v) is 16.5. The largest absolute Gasteiger partial charge is 0.370 e. The van der Waals surface area contributed by atoms with E-state index in [0.717, 1.165) is 32.9 Å². The Morgan fingerprint density at radius 1 is 0.796 bits per heavy atom. The zero-order valence-corrected chi connectivity index (χ0v) is 28.0. The molecule has 6 aromatic rings. The highest BCUT2D eigenvalue weighted by molar-refractivity contribution is 9.10. The zero-order chi connectivity index (χ0) is 34.2. The van der Waals surface area contributed by atoms with Crippen LogP contribution in [0.4, 0.5) is 11.4 Å². The number of hydrogen-bond donors (Lipinski definition) is 6. The molecule has 0 aliphatic carbocycles. The van der Waals surface area contributed by atoms with Gasteiger partial charge in [0, 0.05) is 45.8 Å². The number of rotatable bonds is 11. The van der Waals surface area contributed by atoms with Crippen LogP contribution in [-0.4, -0.2) is 47.8 Å². The molecule has 49 heavy (non-hydrogen) atoms. The van der Waals surface area contributed by atoms with Crippen LogP contribution < -0.4 is 27.0 Å². The number of anilines is 2. The number of fused-ring (bicyclic) bond motifs is 2. The second kappa shape index (κ2) is 15.3. The molecular formula is C38H34BrN7O3. The van der Waals surface area contributed by atoms with Gasteiger partial charge in [-0.25, -0.2) is 0 Å². The summed E-state index contributed by atoms with van der Waals surface area (Å²) in [5, 5.41) is 14.6. The Bertz CT molecular complexity index is 2160. The van der Waals surface area contributed by atoms with Gasteiger partial charge < -0.3 is 32.0 Å². The first-order chi connectivity index (χ1) is 23.8. The summed E-state index contributed by atoms with van der Waals surface area (Å²) in [6.07, 6.45) is 2.06. The van der Waals surface area contributed by atoms with E-state index in [1.54, 1.807) is 30.3 Å². The van der Waals surface area contributed by atoms with Crippen LogP contribution in [-0.2, 0) is 11.2 Å². The second-order valence-corrected chi connectivity index (χ2v) is 12.3. The molecule has 0 aliphatic heterocycles. The van der Waals surface area contributed by atoms with Gasteiger partial charge in [0.2, 0.25) is 5.91 Å². The number of aromatic nitrogens is 1. The molecule has 0 saturated carbocycles. The molecule has 1 atom stereocenters. The van der Waals surface area contributed by atoms with Gasteiger partial charge in [-0.3, -0.25) is 19.4 Å². The first-order valence-electron chi connectivity index (χ1n) is 15.7. The molecule has 0 aliphatic rings. The number of amides is 3. The van der Waals surface area contributed by atoms with Crippen molar-refractivity contribution in [3.63, 3.8) is 0 Å². The third kappa shape index (κ3) is 8.32. The normalized spacial score (nSPS) is 12.0. The van der Waals surface area contributed by atoms with Crippen LogP contribution >= 0.6 is 15.9 Å². The highest BCUT2D eigenvalue weighted by Gasteiger charge is 2.25. The average molecular weight is 717 g/mol. The monoisotopic (exact) mass is 715 g/mol. The number of hydrogen-bond acceptors (Lipinski definition) is 4. The van der Waals surface area contributed by atoms with Gasteiger partial charge in [-0.1, -0.05) is 82.7 Å². The number of nitrogens with one attached hydrogen (secondary N) is 5. The predicted molar refractivity (Wildman–Crippen MR) is 199 cm³/mol. The molecule has 0 bridgehead atoms. The minimum atomic E-state index is -0.946. The van der Waals surface area contributed by atoms with Crippen LogP contribution in [0.5, 0.6) is 0 Å². The molecule has 10 nitrogen and oxygen atoms in total. The first kappa shape index (κ1) is 33.0. The average Bonchev–Trinajstić information content (AvgIpc) is 3.53. The standard InChI is InChI=1S/C38H34BrN7O3/c39-28-16-17-33(45-35(47)26-15-14-24-8-4-5-9-25(24)20-26)31(22-28)36(48)46-34(21-27-23-43-32-13-7-6-12-30(27)32)37(49)41-18-19-42-38(40)44-29-10-2-1-3-11-29/h1-17,20,22-23,34,43H,18-19,21H2,(H,41,49)(H,45,47)(H,46,48)(H3,40,42,44). The third-order valence-corrected chi connectivity index (χ3v) is 8.44. The Morgan fingerprint density at radius 2 is 1.55 bits per heavy atom. The summed E-state index contributed by atoms with van der Waals surface area (Å²) in [6, 6.07) is 34.4. The van der Waals surface area contributed by atoms with Crippen LogP contribution in [0.15, 0.2) is 131 Å². The molecule has 0 fully saturated rings. The lowest BCUT2D eigenvalue weighted by atomic mass is 10.0. The lowest BCUT2D eigenvalue weighted by Gasteiger charge is -2.20. The molecule has 1 unspecified atom stereocenters. The van der Waals surface area contributed by atoms with Gasteiger partial charge in [0.15, 0.2) is 5.96 Å². The Kier molecular flexibility index (Phi) is 10.3. The summed E-state index contributed by atoms with van der Waals surface area (Å²) in [6.45, 7) is 0.419. The van der Waals surface area contributed by atoms with Gasteiger partial charge in [0.05, 0.1) is 17.8 Å². The number of carbonyl (C=O) groups excluding carboxylic acids is 3. The Labute approximate surface area is 291 Å². The summed E-state index contributed by atoms with van der Waals surface area (Å²) >= 11 is 3.44. The quantitative estimate of drug-likeness (QED) is 0.0534. The topological polar surface area (TPSA) is 153 Å². The van der Waals surface area contributed by atoms with Gasteiger partial charge in [-0.15, -0.1) is 0 Å². The van der Waals surface area contributed by atoms with Crippen molar-refractivity contribution in [2.45, 2.75) is 12.5 Å². The van der Waals surface area contributed by atoms with Crippen molar-refractivity contribution in [3.05, 3.63) is 143 Å². The number of para-hydroxylation sites is 2. The van der Waals surface area contributed by atoms with E-state index in [1.807, 2.05) is 91.1 Å². The Morgan fingerprint density at radius 3 is 2.39 bits per heavy atom. The van der Waals surface area contributed by atoms with E-state index in [1.165, 1.54) is 0 Å². The van der Waals surface area contributed by atoms with Crippen molar-refractivity contribution in [1.82, 2.24) is 15.6 Å². The molecule has 5 aromatic carbocycles. The fraction of sp³-hybridized carbons (Fsp3) is 0.105. The smallest absolute Gasteiger partial charge is 0.255 e. The van der Waals surface area contributed by atoms with Gasteiger partial charge in [0.1, 0.15) is 6.04 Å². The number of nitrogens with zero attached hydrogens (tertiary/aromatic N) is 1. The molecule has 6 rings (SSSR count). The van der Waals surface area contributed by atoms with Crippen LogP contribution in [0.2, 0.25) is 0 Å². The summed E-state index contributed by atoms with van der Waals surface area (Å²) in [7, 11) is 0. The number of benzene rings is 5. The number of aliphatic imine (C=N–C) groups is 1. The number of aromatic amines is 1. The maximum absolute atomic E-state index is 13.9. The van der Waals surface area contributed by atoms with Gasteiger partial charge in [-0.2, -0.15) is 0 Å². The lowest BCUT2D eigenvalue weighted by Crippen LogP contribution is -2.48. The highest BCUT2D eigenvalue weighted by atomic mass is 79.9. The third-order valence-electron chi connectivity index (χ3n) is 7.95. The number of halogens is 1. The SMILES string of the molecule is NC(=NCCNC(=O)C(Cc1c[nH]c2ccccc12)NC(=O)c1cc(Br)ccc1NC(=O)c1ccc2ccccc2c1)Nc1ccccc1. The van der Waals surface area contributed by atoms with Crippen LogP contribution in [0.25, 0.3) is 21.7 Å². The van der Waals surface area contributed by atoms with E-state index < -0.39 is 11.9 Å². The van der Waals surface area contributed by atoms with E-state index in [9.17, 15) is 14.4 Å². The van der Waals surface area contributed by atoms with E-state index in [2.05, 4.69) is 47.2 Å². The van der Waals surface area contributed by atoms with Gasteiger partial charge in [0.25, 0.3) is 11.8 Å². The number of guanidine groups is 1. The van der Waals surface area contributed by atoms with Crippen molar-refractivity contribution in [2.75, 3.05) is 23.7 Å². The van der Waals surface area contributed by atoms with Crippen molar-refractivity contribution in [2.24, 2.45) is 10.7 Å². The van der Waals surface area contributed by atoms with Crippen LogP contribution in [0.1, 0.15) is 26.3 Å². The molecule has 7 N–H and O–H groups in total. The van der Waals surface area contributed by atoms with E-state index in [4.69, 9.17) is 5.73 Å². The number of nitrogens with two attached hydrogens (primary N) is 1. The number of carbonyl (C=O) groups is 3. The van der Waals surface area contributed by atoms with E-state index in [-0.39, 0.29) is 42.8 Å². The molecule has 11 heteroatoms. The molecule has 0 radical (unpaired) electrons. The van der Waals surface area contributed by atoms with Crippen LogP contribution in [0, 0.1) is 0 Å². The van der Waals surface area contributed by atoms with Crippen LogP contribution in [0.3, 0.4) is 0 Å². The highest BCUT2D eigenvalue weighted by Crippen LogP contribution is 2.24. The Balaban J connectivity index is 1.18. The molecule has 3 amide bonds. The van der Waals surface area contributed by atoms with Crippen molar-refractivity contribution < 1.29 is 14.4 Å². The molecular weight excluding hydrogens is 682 g/mol. The lowest BCUT2D eigenvalue weighted by molar-refractivity contribution is -0.122. The molecule has 0 spiro atoms. The fourth-order valence-corrected chi connectivity index (χ4v) is 5.85. The minimum Gasteiger partial charge on any atom is -0.370 e. The summed E-state index contributed by atoms with van der Waals surface area (Å²) in [5.41, 5.74) is 9.55. The molecule has 0 saturated heterocycles. The maximum atomic E-state index is 13.9. The van der Waals surface area contributed by atoms with E-state index >= 15 is 0 Å². The number of H-pyrrole nitrogens is 1. The summed E-state index contributed by atoms with van der Waals surface area (Å²) in [4.78, 5) is 48.4. The van der Waals surface area contributed by atoms with Gasteiger partial charge >= 0.3 is 0 Å². The maximum Gasteiger partial charge on any atom is 0.255 e. The summed E-state index contributed by atoms with van der Waals surface area (Å²) in [5.74, 6) is -1.06. The molecule has 1 heterocycles. The predicted octanol–water partition coefficient (Wildman–Crippen LogP) is 6.22. The van der Waals surface area contributed by atoms with Crippen molar-refractivity contribution >= 4 is 72.7 Å². The fourth-order valence-electron chi connectivity index (χ4n) is 5.49. The Hall–Kier alpha value is -5.94. The molecule has 1 aromatic heterocycles.